The van der Waals surface area contributed by atoms with Crippen LogP contribution in [0.15, 0.2) is 0 Å². The molecule has 1 heterocycles. The fraction of sp³-hybridized carbons (Fsp3) is 1.00. The van der Waals surface area contributed by atoms with Crippen LogP contribution in [-0.2, 0) is 10.0 Å². The van der Waals surface area contributed by atoms with Gasteiger partial charge in [0.2, 0.25) is 10.0 Å². The lowest BCUT2D eigenvalue weighted by atomic mass is 9.91. The van der Waals surface area contributed by atoms with E-state index in [2.05, 4.69) is 12.2 Å². The van der Waals surface area contributed by atoms with E-state index >= 15 is 0 Å². The minimum Gasteiger partial charge on any atom is -0.314 e. The molecule has 90 valence electrons. The number of nitrogens with one attached hydrogen (secondary N) is 1. The molecule has 0 atom stereocenters. The first-order valence-corrected chi connectivity index (χ1v) is 7.00. The maximum atomic E-state index is 11.9. The van der Waals surface area contributed by atoms with E-state index in [1.54, 1.807) is 18.2 Å². The van der Waals surface area contributed by atoms with Gasteiger partial charge in [0.05, 0.1) is 5.25 Å². The summed E-state index contributed by atoms with van der Waals surface area (Å²) in [5.41, 5.74) is 0.100. The molecule has 0 aromatic heterocycles. The van der Waals surface area contributed by atoms with Crippen LogP contribution in [0.25, 0.3) is 0 Å². The van der Waals surface area contributed by atoms with Crippen molar-refractivity contribution in [3.05, 3.63) is 0 Å². The molecule has 0 aromatic rings. The molecule has 4 nitrogen and oxygen atoms in total. The molecule has 1 saturated heterocycles. The van der Waals surface area contributed by atoms with Crippen LogP contribution in [0.1, 0.15) is 33.6 Å². The van der Waals surface area contributed by atoms with E-state index in [1.165, 1.54) is 0 Å². The van der Waals surface area contributed by atoms with E-state index in [9.17, 15) is 8.42 Å². The molecule has 1 rings (SSSR count). The Kier molecular flexibility index (Phi) is 3.79. The van der Waals surface area contributed by atoms with Crippen LogP contribution in [0.2, 0.25) is 0 Å². The van der Waals surface area contributed by atoms with Crippen molar-refractivity contribution < 1.29 is 8.42 Å². The molecule has 0 aromatic carbocycles. The zero-order valence-corrected chi connectivity index (χ0v) is 10.9. The Morgan fingerprint density at radius 1 is 1.27 bits per heavy atom. The monoisotopic (exact) mass is 234 g/mol. The standard InChI is InChI=1S/C10H22N2O2S/c1-9(2)15(13,14)12-7-5-10(3,11-4)6-8-12/h9,11H,5-8H2,1-4H3. The van der Waals surface area contributed by atoms with E-state index in [0.717, 1.165) is 12.8 Å². The predicted octanol–water partition coefficient (Wildman–Crippen LogP) is 0.798. The molecule has 0 saturated carbocycles. The van der Waals surface area contributed by atoms with Crippen molar-refractivity contribution in [2.24, 2.45) is 0 Å². The van der Waals surface area contributed by atoms with Gasteiger partial charge >= 0.3 is 0 Å². The van der Waals surface area contributed by atoms with Crippen LogP contribution >= 0.6 is 0 Å². The third-order valence-corrected chi connectivity index (χ3v) is 5.66. The average Bonchev–Trinajstić information content (AvgIpc) is 2.18. The molecule has 1 aliphatic heterocycles. The fourth-order valence-electron chi connectivity index (χ4n) is 1.78. The van der Waals surface area contributed by atoms with Gasteiger partial charge in [0.1, 0.15) is 0 Å². The Bertz CT molecular complexity index is 303. The first kappa shape index (κ1) is 12.9. The normalized spacial score (nSPS) is 23.3. The minimum atomic E-state index is -3.05. The first-order valence-electron chi connectivity index (χ1n) is 5.50. The molecule has 0 unspecified atom stereocenters. The molecule has 0 radical (unpaired) electrons. The molecule has 5 heteroatoms. The quantitative estimate of drug-likeness (QED) is 0.786. The number of hydrogen-bond acceptors (Lipinski definition) is 3. The van der Waals surface area contributed by atoms with Crippen LogP contribution in [0.3, 0.4) is 0 Å². The van der Waals surface area contributed by atoms with Gasteiger partial charge in [0.25, 0.3) is 0 Å². The van der Waals surface area contributed by atoms with E-state index in [0.29, 0.717) is 13.1 Å². The molecule has 1 aliphatic rings. The summed E-state index contributed by atoms with van der Waals surface area (Å²) in [6, 6.07) is 0. The summed E-state index contributed by atoms with van der Waals surface area (Å²) in [5, 5.41) is 2.95. The highest BCUT2D eigenvalue weighted by Crippen LogP contribution is 2.24. The molecule has 0 spiro atoms. The lowest BCUT2D eigenvalue weighted by Crippen LogP contribution is -2.52. The van der Waals surface area contributed by atoms with Gasteiger partial charge in [-0.25, -0.2) is 12.7 Å². The highest BCUT2D eigenvalue weighted by molar-refractivity contribution is 7.89. The SMILES string of the molecule is CNC1(C)CCN(S(=O)(=O)C(C)C)CC1. The van der Waals surface area contributed by atoms with Crippen molar-refractivity contribution in [1.82, 2.24) is 9.62 Å². The van der Waals surface area contributed by atoms with E-state index in [4.69, 9.17) is 0 Å². The van der Waals surface area contributed by atoms with Gasteiger partial charge in [-0.1, -0.05) is 0 Å². The number of sulfonamides is 1. The molecular weight excluding hydrogens is 212 g/mol. The van der Waals surface area contributed by atoms with Crippen molar-refractivity contribution in [2.45, 2.75) is 44.4 Å². The molecular formula is C10H22N2O2S. The Morgan fingerprint density at radius 3 is 2.07 bits per heavy atom. The lowest BCUT2D eigenvalue weighted by molar-refractivity contribution is 0.219. The summed E-state index contributed by atoms with van der Waals surface area (Å²) in [6.45, 7) is 6.89. The van der Waals surface area contributed by atoms with E-state index < -0.39 is 10.0 Å². The summed E-state index contributed by atoms with van der Waals surface area (Å²) in [4.78, 5) is 0. The second-order valence-electron chi connectivity index (χ2n) is 4.80. The lowest BCUT2D eigenvalue weighted by Gasteiger charge is -2.39. The summed E-state index contributed by atoms with van der Waals surface area (Å²) in [6.07, 6.45) is 1.77. The second kappa shape index (κ2) is 4.39. The maximum absolute atomic E-state index is 11.9. The summed E-state index contributed by atoms with van der Waals surface area (Å²) in [5.74, 6) is 0. The second-order valence-corrected chi connectivity index (χ2v) is 7.29. The largest absolute Gasteiger partial charge is 0.314 e. The third-order valence-electron chi connectivity index (χ3n) is 3.39. The number of nitrogens with zero attached hydrogens (tertiary/aromatic N) is 1. The van der Waals surface area contributed by atoms with Crippen LogP contribution in [0.5, 0.6) is 0 Å². The Morgan fingerprint density at radius 2 is 1.73 bits per heavy atom. The van der Waals surface area contributed by atoms with Crippen LogP contribution < -0.4 is 5.32 Å². The van der Waals surface area contributed by atoms with Gasteiger partial charge < -0.3 is 5.32 Å². The first-order chi connectivity index (χ1) is 6.82. The van der Waals surface area contributed by atoms with E-state index in [1.807, 2.05) is 7.05 Å². The molecule has 0 amide bonds. The van der Waals surface area contributed by atoms with Gasteiger partial charge in [0.15, 0.2) is 0 Å². The predicted molar refractivity (Wildman–Crippen MR) is 62.3 cm³/mol. The number of piperidine rings is 1. The highest BCUT2D eigenvalue weighted by atomic mass is 32.2. The van der Waals surface area contributed by atoms with Crippen LogP contribution in [0, 0.1) is 0 Å². The highest BCUT2D eigenvalue weighted by Gasteiger charge is 2.34. The zero-order valence-electron chi connectivity index (χ0n) is 10.1. The van der Waals surface area contributed by atoms with Gasteiger partial charge in [-0.3, -0.25) is 0 Å². The van der Waals surface area contributed by atoms with Gasteiger partial charge in [-0.05, 0) is 40.7 Å². The van der Waals surface area contributed by atoms with Crippen LogP contribution in [-0.4, -0.2) is 43.6 Å². The van der Waals surface area contributed by atoms with Gasteiger partial charge in [0, 0.05) is 18.6 Å². The number of hydrogen-bond donors (Lipinski definition) is 1. The number of rotatable bonds is 3. The maximum Gasteiger partial charge on any atom is 0.216 e. The third kappa shape index (κ3) is 2.71. The smallest absolute Gasteiger partial charge is 0.216 e. The Hall–Kier alpha value is -0.130. The Labute approximate surface area is 93.1 Å². The van der Waals surface area contributed by atoms with Crippen molar-refractivity contribution >= 4 is 10.0 Å². The van der Waals surface area contributed by atoms with E-state index in [-0.39, 0.29) is 10.8 Å². The fourth-order valence-corrected chi connectivity index (χ4v) is 3.07. The molecule has 1 fully saturated rings. The average molecular weight is 234 g/mol. The molecule has 0 aliphatic carbocycles. The summed E-state index contributed by atoms with van der Waals surface area (Å²) in [7, 11) is -1.12. The molecule has 0 bridgehead atoms. The zero-order chi connectivity index (χ0) is 11.7. The van der Waals surface area contributed by atoms with Crippen LogP contribution in [0.4, 0.5) is 0 Å². The van der Waals surface area contributed by atoms with Gasteiger partial charge in [-0.2, -0.15) is 0 Å². The summed E-state index contributed by atoms with van der Waals surface area (Å²) >= 11 is 0. The topological polar surface area (TPSA) is 49.4 Å². The molecule has 15 heavy (non-hydrogen) atoms. The van der Waals surface area contributed by atoms with Gasteiger partial charge in [-0.15, -0.1) is 0 Å². The van der Waals surface area contributed by atoms with Crippen molar-refractivity contribution in [1.29, 1.82) is 0 Å². The van der Waals surface area contributed by atoms with Crippen molar-refractivity contribution in [3.8, 4) is 0 Å². The summed E-state index contributed by atoms with van der Waals surface area (Å²) < 4.78 is 25.4. The van der Waals surface area contributed by atoms with Crippen molar-refractivity contribution in [3.63, 3.8) is 0 Å². The Balaban J connectivity index is 2.66. The molecule has 1 N–H and O–H groups in total. The van der Waals surface area contributed by atoms with Crippen molar-refractivity contribution in [2.75, 3.05) is 20.1 Å². The minimum absolute atomic E-state index is 0.100.